The number of pyridine rings is 1. The van der Waals surface area contributed by atoms with Crippen LogP contribution in [0.15, 0.2) is 42.6 Å². The molecule has 0 unspecified atom stereocenters. The average Bonchev–Trinajstić information content (AvgIpc) is 2.38. The molecule has 0 aliphatic carbocycles. The zero-order chi connectivity index (χ0) is 16.0. The first kappa shape index (κ1) is 16.5. The SMILES string of the molecule is Cc1cc(-c2cccc(N)c2)ccn1.O=C(O)C(F)(F)F. The van der Waals surface area contributed by atoms with Crippen LogP contribution in [0.5, 0.6) is 0 Å². The van der Waals surface area contributed by atoms with Crippen molar-refractivity contribution in [1.29, 1.82) is 0 Å². The minimum atomic E-state index is -5.08. The molecule has 0 saturated heterocycles. The number of benzene rings is 1. The molecule has 21 heavy (non-hydrogen) atoms. The summed E-state index contributed by atoms with van der Waals surface area (Å²) in [5.74, 6) is -2.76. The molecule has 3 N–H and O–H groups in total. The van der Waals surface area contributed by atoms with Crippen molar-refractivity contribution in [3.05, 3.63) is 48.3 Å². The summed E-state index contributed by atoms with van der Waals surface area (Å²) in [6, 6.07) is 11.9. The van der Waals surface area contributed by atoms with E-state index in [-0.39, 0.29) is 0 Å². The second-order valence-electron chi connectivity index (χ2n) is 4.11. The number of halogens is 3. The lowest BCUT2D eigenvalue weighted by atomic mass is 10.1. The smallest absolute Gasteiger partial charge is 0.475 e. The van der Waals surface area contributed by atoms with Crippen molar-refractivity contribution in [2.75, 3.05) is 5.73 Å². The molecule has 0 saturated carbocycles. The van der Waals surface area contributed by atoms with E-state index < -0.39 is 12.1 Å². The Bertz CT molecular complexity index is 584. The van der Waals surface area contributed by atoms with Gasteiger partial charge in [0.25, 0.3) is 0 Å². The first-order valence-corrected chi connectivity index (χ1v) is 5.79. The van der Waals surface area contributed by atoms with Crippen LogP contribution in [-0.2, 0) is 4.79 Å². The number of rotatable bonds is 1. The van der Waals surface area contributed by atoms with Crippen LogP contribution in [0, 0.1) is 6.92 Å². The number of nitrogens with two attached hydrogens (primary N) is 1. The zero-order valence-corrected chi connectivity index (χ0v) is 11.1. The number of aryl methyl sites for hydroxylation is 1. The molecule has 112 valence electrons. The lowest BCUT2D eigenvalue weighted by Gasteiger charge is -2.02. The van der Waals surface area contributed by atoms with Crippen LogP contribution in [0.2, 0.25) is 0 Å². The Hall–Kier alpha value is -2.57. The number of nitrogen functional groups attached to an aromatic ring is 1. The van der Waals surface area contributed by atoms with Crippen LogP contribution in [0.25, 0.3) is 11.1 Å². The van der Waals surface area contributed by atoms with E-state index in [1.54, 1.807) is 0 Å². The summed E-state index contributed by atoms with van der Waals surface area (Å²) in [6.07, 6.45) is -3.27. The van der Waals surface area contributed by atoms with E-state index in [0.29, 0.717) is 0 Å². The number of carboxylic acids is 1. The van der Waals surface area contributed by atoms with Gasteiger partial charge in [-0.2, -0.15) is 13.2 Å². The summed E-state index contributed by atoms with van der Waals surface area (Å²) in [6.45, 7) is 1.98. The van der Waals surface area contributed by atoms with Gasteiger partial charge in [-0.15, -0.1) is 0 Å². The molecule has 0 amide bonds. The number of nitrogens with zero attached hydrogens (tertiary/aromatic N) is 1. The summed E-state index contributed by atoms with van der Waals surface area (Å²) >= 11 is 0. The van der Waals surface area contributed by atoms with Gasteiger partial charge in [0.15, 0.2) is 0 Å². The van der Waals surface area contributed by atoms with Gasteiger partial charge < -0.3 is 10.8 Å². The lowest BCUT2D eigenvalue weighted by Crippen LogP contribution is -2.21. The third-order valence-corrected chi connectivity index (χ3v) is 2.36. The first-order valence-electron chi connectivity index (χ1n) is 5.79. The minimum absolute atomic E-state index is 0.789. The van der Waals surface area contributed by atoms with Crippen LogP contribution < -0.4 is 5.73 Å². The fourth-order valence-corrected chi connectivity index (χ4v) is 1.44. The topological polar surface area (TPSA) is 76.2 Å². The van der Waals surface area contributed by atoms with Crippen LogP contribution in [0.4, 0.5) is 18.9 Å². The predicted molar refractivity (Wildman–Crippen MR) is 72.5 cm³/mol. The Morgan fingerprint density at radius 3 is 2.24 bits per heavy atom. The van der Waals surface area contributed by atoms with E-state index in [2.05, 4.69) is 11.1 Å². The number of alkyl halides is 3. The average molecular weight is 298 g/mol. The molecule has 2 aromatic rings. The molecule has 0 spiro atoms. The first-order chi connectivity index (χ1) is 9.70. The summed E-state index contributed by atoms with van der Waals surface area (Å²) in [5, 5.41) is 7.12. The highest BCUT2D eigenvalue weighted by Gasteiger charge is 2.38. The van der Waals surface area contributed by atoms with Gasteiger partial charge in [-0.05, 0) is 42.3 Å². The van der Waals surface area contributed by atoms with E-state index in [4.69, 9.17) is 15.6 Å². The second-order valence-corrected chi connectivity index (χ2v) is 4.11. The van der Waals surface area contributed by atoms with Crippen LogP contribution in [-0.4, -0.2) is 22.2 Å². The fourth-order valence-electron chi connectivity index (χ4n) is 1.44. The predicted octanol–water partition coefficient (Wildman–Crippen LogP) is 3.27. The molecule has 0 atom stereocenters. The Kier molecular flexibility index (Phi) is 5.29. The molecule has 7 heteroatoms. The van der Waals surface area contributed by atoms with Crippen molar-refractivity contribution < 1.29 is 23.1 Å². The maximum atomic E-state index is 10.6. The molecular formula is C14H13F3N2O2. The van der Waals surface area contributed by atoms with Crippen molar-refractivity contribution in [1.82, 2.24) is 4.98 Å². The number of hydrogen-bond acceptors (Lipinski definition) is 3. The molecule has 0 aliphatic rings. The summed E-state index contributed by atoms with van der Waals surface area (Å²) in [5.41, 5.74) is 9.82. The van der Waals surface area contributed by atoms with Gasteiger partial charge in [-0.25, -0.2) is 4.79 Å². The minimum Gasteiger partial charge on any atom is -0.475 e. The zero-order valence-electron chi connectivity index (χ0n) is 11.1. The Morgan fingerprint density at radius 1 is 1.19 bits per heavy atom. The summed E-state index contributed by atoms with van der Waals surface area (Å²) < 4.78 is 31.7. The normalized spacial score (nSPS) is 10.5. The largest absolute Gasteiger partial charge is 0.490 e. The highest BCUT2D eigenvalue weighted by atomic mass is 19.4. The molecule has 1 aromatic carbocycles. The number of anilines is 1. The third kappa shape index (κ3) is 5.52. The number of aromatic nitrogens is 1. The Labute approximate surface area is 119 Å². The molecule has 1 aromatic heterocycles. The highest BCUT2D eigenvalue weighted by Crippen LogP contribution is 2.21. The van der Waals surface area contributed by atoms with Crippen LogP contribution in [0.3, 0.4) is 0 Å². The van der Waals surface area contributed by atoms with Crippen molar-refractivity contribution in [3.8, 4) is 11.1 Å². The van der Waals surface area contributed by atoms with Crippen LogP contribution >= 0.6 is 0 Å². The van der Waals surface area contributed by atoms with Crippen molar-refractivity contribution >= 4 is 11.7 Å². The quantitative estimate of drug-likeness (QED) is 0.792. The third-order valence-electron chi connectivity index (χ3n) is 2.36. The van der Waals surface area contributed by atoms with Gasteiger partial charge in [0, 0.05) is 17.6 Å². The fraction of sp³-hybridized carbons (Fsp3) is 0.143. The molecule has 2 rings (SSSR count). The monoisotopic (exact) mass is 298 g/mol. The lowest BCUT2D eigenvalue weighted by molar-refractivity contribution is -0.192. The molecule has 4 nitrogen and oxygen atoms in total. The number of aliphatic carboxylic acids is 1. The van der Waals surface area contributed by atoms with Crippen molar-refractivity contribution in [3.63, 3.8) is 0 Å². The molecule has 0 bridgehead atoms. The molecule has 0 aliphatic heterocycles. The molecule has 0 fully saturated rings. The van der Waals surface area contributed by atoms with Gasteiger partial charge in [0.2, 0.25) is 0 Å². The van der Waals surface area contributed by atoms with E-state index in [9.17, 15) is 13.2 Å². The van der Waals surface area contributed by atoms with Gasteiger partial charge in [-0.3, -0.25) is 4.98 Å². The van der Waals surface area contributed by atoms with Gasteiger partial charge in [-0.1, -0.05) is 12.1 Å². The van der Waals surface area contributed by atoms with E-state index in [1.807, 2.05) is 43.5 Å². The van der Waals surface area contributed by atoms with Crippen molar-refractivity contribution in [2.24, 2.45) is 0 Å². The van der Waals surface area contributed by atoms with Gasteiger partial charge in [0.1, 0.15) is 0 Å². The summed E-state index contributed by atoms with van der Waals surface area (Å²) in [7, 11) is 0. The van der Waals surface area contributed by atoms with E-state index in [1.165, 1.54) is 0 Å². The highest BCUT2D eigenvalue weighted by molar-refractivity contribution is 5.73. The maximum Gasteiger partial charge on any atom is 0.490 e. The second kappa shape index (κ2) is 6.74. The number of carbonyl (C=O) groups is 1. The van der Waals surface area contributed by atoms with Gasteiger partial charge >= 0.3 is 12.1 Å². The van der Waals surface area contributed by atoms with E-state index >= 15 is 0 Å². The molecule has 1 heterocycles. The van der Waals surface area contributed by atoms with Crippen LogP contribution in [0.1, 0.15) is 5.69 Å². The van der Waals surface area contributed by atoms with Crippen molar-refractivity contribution in [2.45, 2.75) is 13.1 Å². The maximum absolute atomic E-state index is 10.6. The number of hydrogen-bond donors (Lipinski definition) is 2. The Balaban J connectivity index is 0.000000270. The van der Waals surface area contributed by atoms with E-state index in [0.717, 1.165) is 22.5 Å². The molecule has 0 radical (unpaired) electrons. The summed E-state index contributed by atoms with van der Waals surface area (Å²) in [4.78, 5) is 13.1. The van der Waals surface area contributed by atoms with Gasteiger partial charge in [0.05, 0.1) is 0 Å². The molecular weight excluding hydrogens is 285 g/mol. The number of carboxylic acid groups (broad SMARTS) is 1. The Morgan fingerprint density at radius 2 is 1.76 bits per heavy atom. The standard InChI is InChI=1S/C12H12N2.C2HF3O2/c1-9-7-11(5-6-14-9)10-3-2-4-12(13)8-10;3-2(4,5)1(6)7/h2-8H,13H2,1H3;(H,6,7).